The molecule has 4 heteroatoms. The SMILES string of the molecule is Cl.c1cc(OCC2CC2)ccc1CN1CCCNCC1. The van der Waals surface area contributed by atoms with E-state index in [-0.39, 0.29) is 12.4 Å². The maximum absolute atomic E-state index is 5.77. The highest BCUT2D eigenvalue weighted by molar-refractivity contribution is 5.85. The van der Waals surface area contributed by atoms with Gasteiger partial charge in [-0.25, -0.2) is 0 Å². The van der Waals surface area contributed by atoms with Crippen LogP contribution in [0.25, 0.3) is 0 Å². The molecule has 3 rings (SSSR count). The van der Waals surface area contributed by atoms with Gasteiger partial charge in [0.1, 0.15) is 5.75 Å². The van der Waals surface area contributed by atoms with E-state index in [4.69, 9.17) is 4.74 Å². The molecule has 112 valence electrons. The van der Waals surface area contributed by atoms with Crippen LogP contribution < -0.4 is 10.1 Å². The lowest BCUT2D eigenvalue weighted by Gasteiger charge is -2.19. The van der Waals surface area contributed by atoms with Crippen molar-refractivity contribution >= 4 is 12.4 Å². The van der Waals surface area contributed by atoms with Crippen molar-refractivity contribution in [2.24, 2.45) is 5.92 Å². The number of halogens is 1. The zero-order valence-electron chi connectivity index (χ0n) is 12.0. The highest BCUT2D eigenvalue weighted by Crippen LogP contribution is 2.29. The summed E-state index contributed by atoms with van der Waals surface area (Å²) in [7, 11) is 0. The normalized spacial score (nSPS) is 20.0. The van der Waals surface area contributed by atoms with Crippen LogP contribution in [0.1, 0.15) is 24.8 Å². The summed E-state index contributed by atoms with van der Waals surface area (Å²) in [5, 5.41) is 3.44. The Labute approximate surface area is 128 Å². The van der Waals surface area contributed by atoms with Crippen molar-refractivity contribution in [2.75, 3.05) is 32.8 Å². The molecule has 2 aliphatic rings. The van der Waals surface area contributed by atoms with E-state index in [1.165, 1.54) is 31.4 Å². The fraction of sp³-hybridized carbons (Fsp3) is 0.625. The number of benzene rings is 1. The third kappa shape index (κ3) is 4.97. The molecule has 0 radical (unpaired) electrons. The van der Waals surface area contributed by atoms with Gasteiger partial charge in [-0.15, -0.1) is 12.4 Å². The Balaban J connectivity index is 0.00000147. The predicted molar refractivity (Wildman–Crippen MR) is 84.7 cm³/mol. The van der Waals surface area contributed by atoms with Crippen molar-refractivity contribution in [3.8, 4) is 5.75 Å². The largest absolute Gasteiger partial charge is 0.493 e. The molecule has 1 aromatic carbocycles. The van der Waals surface area contributed by atoms with E-state index in [9.17, 15) is 0 Å². The van der Waals surface area contributed by atoms with E-state index in [0.29, 0.717) is 0 Å². The first-order valence-corrected chi connectivity index (χ1v) is 7.55. The topological polar surface area (TPSA) is 24.5 Å². The van der Waals surface area contributed by atoms with Crippen molar-refractivity contribution in [2.45, 2.75) is 25.8 Å². The number of rotatable bonds is 5. The number of ether oxygens (including phenoxy) is 1. The quantitative estimate of drug-likeness (QED) is 0.904. The van der Waals surface area contributed by atoms with Crippen LogP contribution in [0.2, 0.25) is 0 Å². The van der Waals surface area contributed by atoms with Gasteiger partial charge in [0.05, 0.1) is 6.61 Å². The number of hydrogen-bond acceptors (Lipinski definition) is 3. The third-order valence-corrected chi connectivity index (χ3v) is 3.94. The Bertz CT molecular complexity index is 384. The zero-order chi connectivity index (χ0) is 12.9. The van der Waals surface area contributed by atoms with Crippen LogP contribution in [-0.4, -0.2) is 37.7 Å². The Morgan fingerprint density at radius 2 is 1.90 bits per heavy atom. The molecule has 1 aliphatic heterocycles. The van der Waals surface area contributed by atoms with Gasteiger partial charge in [0.2, 0.25) is 0 Å². The lowest BCUT2D eigenvalue weighted by molar-refractivity contribution is 0.283. The van der Waals surface area contributed by atoms with Gasteiger partial charge in [-0.3, -0.25) is 4.90 Å². The van der Waals surface area contributed by atoms with Gasteiger partial charge in [-0.1, -0.05) is 12.1 Å². The summed E-state index contributed by atoms with van der Waals surface area (Å²) in [6, 6.07) is 8.66. The van der Waals surface area contributed by atoms with Crippen LogP contribution in [-0.2, 0) is 6.54 Å². The lowest BCUT2D eigenvalue weighted by Crippen LogP contribution is -2.27. The van der Waals surface area contributed by atoms with Crippen molar-refractivity contribution in [3.05, 3.63) is 29.8 Å². The molecule has 1 saturated heterocycles. The molecule has 0 bridgehead atoms. The molecule has 0 unspecified atom stereocenters. The molecule has 3 nitrogen and oxygen atoms in total. The van der Waals surface area contributed by atoms with E-state index in [1.54, 1.807) is 0 Å². The van der Waals surface area contributed by atoms with Gasteiger partial charge in [0.15, 0.2) is 0 Å². The Morgan fingerprint density at radius 1 is 1.10 bits per heavy atom. The fourth-order valence-corrected chi connectivity index (χ4v) is 2.51. The first-order chi connectivity index (χ1) is 9.40. The zero-order valence-corrected chi connectivity index (χ0v) is 12.8. The monoisotopic (exact) mass is 296 g/mol. The summed E-state index contributed by atoms with van der Waals surface area (Å²) in [4.78, 5) is 2.53. The first kappa shape index (κ1) is 15.6. The van der Waals surface area contributed by atoms with Gasteiger partial charge in [0, 0.05) is 19.6 Å². The highest BCUT2D eigenvalue weighted by atomic mass is 35.5. The molecule has 20 heavy (non-hydrogen) atoms. The van der Waals surface area contributed by atoms with Crippen molar-refractivity contribution in [1.29, 1.82) is 0 Å². The average molecular weight is 297 g/mol. The Morgan fingerprint density at radius 3 is 2.65 bits per heavy atom. The van der Waals surface area contributed by atoms with Gasteiger partial charge >= 0.3 is 0 Å². The van der Waals surface area contributed by atoms with Crippen molar-refractivity contribution in [1.82, 2.24) is 10.2 Å². The molecular weight excluding hydrogens is 272 g/mol. The molecule has 0 atom stereocenters. The van der Waals surface area contributed by atoms with Gasteiger partial charge in [0.25, 0.3) is 0 Å². The van der Waals surface area contributed by atoms with Crippen LogP contribution in [0.4, 0.5) is 0 Å². The second kappa shape index (κ2) is 7.87. The van der Waals surface area contributed by atoms with E-state index in [1.807, 2.05) is 0 Å². The number of hydrogen-bond donors (Lipinski definition) is 1. The molecule has 0 amide bonds. The lowest BCUT2D eigenvalue weighted by atomic mass is 10.2. The summed E-state index contributed by atoms with van der Waals surface area (Å²) in [5.74, 6) is 1.84. The molecule has 0 spiro atoms. The third-order valence-electron chi connectivity index (χ3n) is 3.94. The maximum atomic E-state index is 5.77. The molecule has 1 aliphatic carbocycles. The Hall–Kier alpha value is -0.770. The van der Waals surface area contributed by atoms with Crippen LogP contribution in [0.5, 0.6) is 5.75 Å². The standard InChI is InChI=1S/C16H24N2O.ClH/c1-8-17-9-11-18(10-1)12-14-4-6-16(7-5-14)19-13-15-2-3-15;/h4-7,15,17H,1-3,8-13H2;1H. The fourth-order valence-electron chi connectivity index (χ4n) is 2.51. The second-order valence-electron chi connectivity index (χ2n) is 5.78. The molecule has 2 fully saturated rings. The van der Waals surface area contributed by atoms with Crippen LogP contribution in [0.15, 0.2) is 24.3 Å². The molecule has 1 saturated carbocycles. The van der Waals surface area contributed by atoms with Crippen molar-refractivity contribution in [3.63, 3.8) is 0 Å². The summed E-state index contributed by atoms with van der Waals surface area (Å²) in [6.07, 6.45) is 3.95. The minimum atomic E-state index is 0. The maximum Gasteiger partial charge on any atom is 0.119 e. The predicted octanol–water partition coefficient (Wildman–Crippen LogP) is 2.69. The summed E-state index contributed by atoms with van der Waals surface area (Å²) < 4.78 is 5.77. The minimum absolute atomic E-state index is 0. The van der Waals surface area contributed by atoms with Gasteiger partial charge < -0.3 is 10.1 Å². The van der Waals surface area contributed by atoms with Crippen molar-refractivity contribution < 1.29 is 4.74 Å². The first-order valence-electron chi connectivity index (χ1n) is 7.55. The number of nitrogens with one attached hydrogen (secondary N) is 1. The Kier molecular flexibility index (Phi) is 6.14. The molecule has 1 N–H and O–H groups in total. The molecule has 1 aromatic rings. The van der Waals surface area contributed by atoms with E-state index < -0.39 is 0 Å². The van der Waals surface area contributed by atoms with Crippen LogP contribution >= 0.6 is 12.4 Å². The highest BCUT2D eigenvalue weighted by Gasteiger charge is 2.21. The molecule has 0 aromatic heterocycles. The van der Waals surface area contributed by atoms with E-state index in [0.717, 1.165) is 44.5 Å². The smallest absolute Gasteiger partial charge is 0.119 e. The van der Waals surface area contributed by atoms with Crippen LogP contribution in [0.3, 0.4) is 0 Å². The second-order valence-corrected chi connectivity index (χ2v) is 5.78. The van der Waals surface area contributed by atoms with E-state index >= 15 is 0 Å². The summed E-state index contributed by atoms with van der Waals surface area (Å²) in [6.45, 7) is 6.58. The van der Waals surface area contributed by atoms with E-state index in [2.05, 4.69) is 34.5 Å². The van der Waals surface area contributed by atoms with Gasteiger partial charge in [-0.2, -0.15) is 0 Å². The summed E-state index contributed by atoms with van der Waals surface area (Å²) in [5.41, 5.74) is 1.39. The average Bonchev–Trinajstić information content (AvgIpc) is 3.26. The van der Waals surface area contributed by atoms with Gasteiger partial charge in [-0.05, 0) is 56.0 Å². The summed E-state index contributed by atoms with van der Waals surface area (Å²) >= 11 is 0. The molecule has 1 heterocycles. The number of nitrogens with zero attached hydrogens (tertiary/aromatic N) is 1. The molecular formula is C16H25ClN2O. The van der Waals surface area contributed by atoms with Crippen LogP contribution in [0, 0.1) is 5.92 Å². The minimum Gasteiger partial charge on any atom is -0.493 e.